The number of rotatable bonds is 2. The molecule has 0 saturated heterocycles. The molecule has 1 aromatic heterocycles. The molecule has 0 atom stereocenters. The molecular weight excluding hydrogens is 319 g/mol. The zero-order valence-corrected chi connectivity index (χ0v) is 12.0. The van der Waals surface area contributed by atoms with E-state index < -0.39 is 0 Å². The Balaban J connectivity index is 0.00000133. The van der Waals surface area contributed by atoms with Crippen molar-refractivity contribution in [1.29, 1.82) is 0 Å². The van der Waals surface area contributed by atoms with Gasteiger partial charge in [0.2, 0.25) is 0 Å². The second kappa shape index (κ2) is 6.40. The van der Waals surface area contributed by atoms with E-state index in [1.165, 1.54) is 11.1 Å². The zero-order valence-electron chi connectivity index (χ0n) is 10.3. The largest absolute Gasteiger partial charge is 0.256 e. The maximum absolute atomic E-state index is 4.38. The third kappa shape index (κ3) is 3.16. The van der Waals surface area contributed by atoms with Gasteiger partial charge < -0.3 is 0 Å². The summed E-state index contributed by atoms with van der Waals surface area (Å²) in [7, 11) is 0. The Morgan fingerprint density at radius 2 is 1.26 bits per heavy atom. The summed E-state index contributed by atoms with van der Waals surface area (Å²) in [6.45, 7) is 0. The van der Waals surface area contributed by atoms with Crippen molar-refractivity contribution >= 4 is 0 Å². The van der Waals surface area contributed by atoms with E-state index in [-0.39, 0.29) is 19.5 Å². The second-order valence-electron chi connectivity index (χ2n) is 4.16. The van der Waals surface area contributed by atoms with Crippen LogP contribution in [0.1, 0.15) is 0 Å². The molecule has 0 bridgehead atoms. The standard InChI is InChI=1S/C17H13N.Ru/c1-2-7-14(8-3-1)15-9-6-10-16(13-15)17-11-4-5-12-18-17;/h1-13H;. The maximum Gasteiger partial charge on any atom is 0.0702 e. The van der Waals surface area contributed by atoms with E-state index in [4.69, 9.17) is 0 Å². The Kier molecular flexibility index (Phi) is 4.60. The molecule has 0 N–H and O–H groups in total. The SMILES string of the molecule is [Ru].c1ccc(-c2cccc(-c3ccccn3)c2)cc1. The molecule has 0 aliphatic rings. The molecule has 2 heteroatoms. The van der Waals surface area contributed by atoms with Crippen LogP contribution in [-0.2, 0) is 19.5 Å². The molecule has 0 amide bonds. The van der Waals surface area contributed by atoms with Crippen molar-refractivity contribution in [2.45, 2.75) is 0 Å². The van der Waals surface area contributed by atoms with Gasteiger partial charge >= 0.3 is 0 Å². The molecule has 3 aromatic rings. The van der Waals surface area contributed by atoms with Crippen LogP contribution < -0.4 is 0 Å². The van der Waals surface area contributed by atoms with Crippen molar-refractivity contribution in [3.63, 3.8) is 0 Å². The minimum Gasteiger partial charge on any atom is -0.256 e. The first kappa shape index (κ1) is 13.6. The van der Waals surface area contributed by atoms with Gasteiger partial charge in [-0.15, -0.1) is 0 Å². The number of aromatic nitrogens is 1. The predicted molar refractivity (Wildman–Crippen MR) is 75.1 cm³/mol. The monoisotopic (exact) mass is 333 g/mol. The van der Waals surface area contributed by atoms with Crippen LogP contribution in [0.15, 0.2) is 79.0 Å². The van der Waals surface area contributed by atoms with Gasteiger partial charge in [-0.2, -0.15) is 0 Å². The van der Waals surface area contributed by atoms with Crippen LogP contribution in [0.5, 0.6) is 0 Å². The molecule has 94 valence electrons. The van der Waals surface area contributed by atoms with Gasteiger partial charge in [-0.1, -0.05) is 54.6 Å². The van der Waals surface area contributed by atoms with Crippen molar-refractivity contribution < 1.29 is 19.5 Å². The quantitative estimate of drug-likeness (QED) is 0.633. The third-order valence-corrected chi connectivity index (χ3v) is 2.93. The van der Waals surface area contributed by atoms with E-state index in [0.717, 1.165) is 11.3 Å². The van der Waals surface area contributed by atoms with Crippen LogP contribution in [0.25, 0.3) is 22.4 Å². The molecule has 0 aliphatic heterocycles. The molecule has 0 fully saturated rings. The fraction of sp³-hybridized carbons (Fsp3) is 0. The third-order valence-electron chi connectivity index (χ3n) is 2.93. The Morgan fingerprint density at radius 1 is 0.579 bits per heavy atom. The summed E-state index contributed by atoms with van der Waals surface area (Å²) in [6, 6.07) is 24.8. The maximum atomic E-state index is 4.38. The first-order valence-corrected chi connectivity index (χ1v) is 6.00. The Morgan fingerprint density at radius 3 is 2.00 bits per heavy atom. The summed E-state index contributed by atoms with van der Waals surface area (Å²) >= 11 is 0. The van der Waals surface area contributed by atoms with Crippen LogP contribution in [0, 0.1) is 0 Å². The number of pyridine rings is 1. The first-order valence-electron chi connectivity index (χ1n) is 6.00. The van der Waals surface area contributed by atoms with Crippen molar-refractivity contribution in [2.75, 3.05) is 0 Å². The summed E-state index contributed by atoms with van der Waals surface area (Å²) in [5.41, 5.74) is 4.61. The van der Waals surface area contributed by atoms with Crippen LogP contribution in [0.2, 0.25) is 0 Å². The molecule has 19 heavy (non-hydrogen) atoms. The van der Waals surface area contributed by atoms with E-state index in [2.05, 4.69) is 53.5 Å². The van der Waals surface area contributed by atoms with Gasteiger partial charge in [0.25, 0.3) is 0 Å². The molecule has 2 aromatic carbocycles. The second-order valence-corrected chi connectivity index (χ2v) is 4.16. The zero-order chi connectivity index (χ0) is 12.2. The van der Waals surface area contributed by atoms with Gasteiger partial charge in [0, 0.05) is 31.2 Å². The summed E-state index contributed by atoms with van der Waals surface area (Å²) in [4.78, 5) is 4.38. The molecular formula is C17H13NRu. The molecule has 0 aliphatic carbocycles. The first-order chi connectivity index (χ1) is 8.93. The Bertz CT molecular complexity index is 581. The number of hydrogen-bond acceptors (Lipinski definition) is 1. The average molecular weight is 332 g/mol. The molecule has 0 unspecified atom stereocenters. The molecule has 1 heterocycles. The number of benzene rings is 2. The van der Waals surface area contributed by atoms with Crippen molar-refractivity contribution in [3.05, 3.63) is 79.0 Å². The van der Waals surface area contributed by atoms with Crippen molar-refractivity contribution in [1.82, 2.24) is 4.98 Å². The van der Waals surface area contributed by atoms with Gasteiger partial charge in [-0.3, -0.25) is 4.98 Å². The molecule has 0 saturated carbocycles. The van der Waals surface area contributed by atoms with E-state index in [9.17, 15) is 0 Å². The fourth-order valence-corrected chi connectivity index (χ4v) is 2.02. The summed E-state index contributed by atoms with van der Waals surface area (Å²) in [6.07, 6.45) is 1.82. The average Bonchev–Trinajstić information content (AvgIpc) is 2.49. The van der Waals surface area contributed by atoms with Gasteiger partial charge in [-0.25, -0.2) is 0 Å². The van der Waals surface area contributed by atoms with Gasteiger partial charge in [-0.05, 0) is 29.3 Å². The van der Waals surface area contributed by atoms with Gasteiger partial charge in [0.1, 0.15) is 0 Å². The van der Waals surface area contributed by atoms with Gasteiger partial charge in [0.15, 0.2) is 0 Å². The van der Waals surface area contributed by atoms with E-state index in [1.54, 1.807) is 0 Å². The summed E-state index contributed by atoms with van der Waals surface area (Å²) in [5, 5.41) is 0. The smallest absolute Gasteiger partial charge is 0.0702 e. The molecule has 0 spiro atoms. The van der Waals surface area contributed by atoms with Crippen LogP contribution in [0.4, 0.5) is 0 Å². The van der Waals surface area contributed by atoms with E-state index >= 15 is 0 Å². The molecule has 0 radical (unpaired) electrons. The number of nitrogens with zero attached hydrogens (tertiary/aromatic N) is 1. The minimum atomic E-state index is 0. The Labute approximate surface area is 126 Å². The van der Waals surface area contributed by atoms with E-state index in [0.29, 0.717) is 0 Å². The van der Waals surface area contributed by atoms with Crippen LogP contribution in [-0.4, -0.2) is 4.98 Å². The van der Waals surface area contributed by atoms with E-state index in [1.807, 2.05) is 30.5 Å². The predicted octanol–water partition coefficient (Wildman–Crippen LogP) is 4.41. The van der Waals surface area contributed by atoms with Gasteiger partial charge in [0.05, 0.1) is 5.69 Å². The van der Waals surface area contributed by atoms with Crippen molar-refractivity contribution in [3.8, 4) is 22.4 Å². The molecule has 3 rings (SSSR count). The van der Waals surface area contributed by atoms with Crippen LogP contribution in [0.3, 0.4) is 0 Å². The minimum absolute atomic E-state index is 0. The Hall–Kier alpha value is -1.79. The van der Waals surface area contributed by atoms with Crippen LogP contribution >= 0.6 is 0 Å². The normalized spacial score (nSPS) is 9.68. The fourth-order valence-electron chi connectivity index (χ4n) is 2.02. The summed E-state index contributed by atoms with van der Waals surface area (Å²) < 4.78 is 0. The summed E-state index contributed by atoms with van der Waals surface area (Å²) in [5.74, 6) is 0. The molecule has 1 nitrogen and oxygen atoms in total. The topological polar surface area (TPSA) is 12.9 Å². The van der Waals surface area contributed by atoms with Crippen molar-refractivity contribution in [2.24, 2.45) is 0 Å². The number of hydrogen-bond donors (Lipinski definition) is 0.